The summed E-state index contributed by atoms with van der Waals surface area (Å²) in [5, 5.41) is 9.93. The Balaban J connectivity index is 0.000000917. The summed E-state index contributed by atoms with van der Waals surface area (Å²) >= 11 is 0. The second-order valence-corrected chi connectivity index (χ2v) is 8.62. The number of anilines is 1. The molecule has 180 valence electrons. The van der Waals surface area contributed by atoms with Crippen molar-refractivity contribution in [3.63, 3.8) is 0 Å². The molecule has 0 radical (unpaired) electrons. The molecule has 2 N–H and O–H groups in total. The zero-order chi connectivity index (χ0) is 24.8. The molecule has 3 heterocycles. The van der Waals surface area contributed by atoms with Gasteiger partial charge in [0.1, 0.15) is 6.54 Å². The second kappa shape index (κ2) is 10.4. The molecule has 3 aromatic rings. The molecule has 2 aliphatic heterocycles. The SMILES string of the molecule is O=C(Cn1ccccc1=O)N1CC[C@@]2(C(=O)Nc3ccccc32)[C@@H]1CCc1ccccc1.O=CO. The number of aryl methyl sites for hydroxylation is 1. The van der Waals surface area contributed by atoms with E-state index >= 15 is 0 Å². The van der Waals surface area contributed by atoms with Gasteiger partial charge in [-0.25, -0.2) is 0 Å². The van der Waals surface area contributed by atoms with E-state index in [0.29, 0.717) is 19.4 Å². The lowest BCUT2D eigenvalue weighted by Crippen LogP contribution is -2.50. The average molecular weight is 474 g/mol. The van der Waals surface area contributed by atoms with Crippen LogP contribution < -0.4 is 10.9 Å². The van der Waals surface area contributed by atoms with Crippen molar-refractivity contribution in [2.75, 3.05) is 11.9 Å². The van der Waals surface area contributed by atoms with E-state index in [1.165, 1.54) is 16.2 Å². The van der Waals surface area contributed by atoms with Gasteiger partial charge in [0.05, 0.1) is 11.5 Å². The lowest BCUT2D eigenvalue weighted by atomic mass is 9.73. The zero-order valence-electron chi connectivity index (χ0n) is 19.2. The minimum Gasteiger partial charge on any atom is -0.483 e. The first-order valence-electron chi connectivity index (χ1n) is 11.5. The lowest BCUT2D eigenvalue weighted by molar-refractivity contribution is -0.134. The van der Waals surface area contributed by atoms with Gasteiger partial charge in [0.25, 0.3) is 12.0 Å². The summed E-state index contributed by atoms with van der Waals surface area (Å²) in [7, 11) is 0. The number of pyridine rings is 1. The van der Waals surface area contributed by atoms with Crippen LogP contribution >= 0.6 is 0 Å². The van der Waals surface area contributed by atoms with E-state index in [1.54, 1.807) is 18.3 Å². The van der Waals surface area contributed by atoms with Crippen molar-refractivity contribution in [1.29, 1.82) is 0 Å². The van der Waals surface area contributed by atoms with Crippen molar-refractivity contribution in [2.24, 2.45) is 0 Å². The number of benzene rings is 2. The minimum atomic E-state index is -0.761. The number of amides is 2. The monoisotopic (exact) mass is 473 g/mol. The Bertz CT molecular complexity index is 1270. The molecule has 0 bridgehead atoms. The van der Waals surface area contributed by atoms with Gasteiger partial charge >= 0.3 is 0 Å². The molecular weight excluding hydrogens is 446 g/mol. The highest BCUT2D eigenvalue weighted by atomic mass is 16.3. The van der Waals surface area contributed by atoms with Gasteiger partial charge < -0.3 is 19.9 Å². The van der Waals surface area contributed by atoms with Crippen LogP contribution in [-0.4, -0.2) is 45.4 Å². The molecule has 2 aliphatic rings. The van der Waals surface area contributed by atoms with Gasteiger partial charge in [-0.1, -0.05) is 54.6 Å². The van der Waals surface area contributed by atoms with Crippen molar-refractivity contribution in [1.82, 2.24) is 9.47 Å². The van der Waals surface area contributed by atoms with Gasteiger partial charge in [-0.3, -0.25) is 19.2 Å². The molecule has 1 aromatic heterocycles. The maximum absolute atomic E-state index is 13.4. The summed E-state index contributed by atoms with van der Waals surface area (Å²) < 4.78 is 1.42. The van der Waals surface area contributed by atoms with Gasteiger partial charge in [0.2, 0.25) is 11.8 Å². The molecule has 0 saturated carbocycles. The molecule has 8 heteroatoms. The van der Waals surface area contributed by atoms with Gasteiger partial charge in [-0.05, 0) is 42.5 Å². The fourth-order valence-electron chi connectivity index (χ4n) is 5.28. The number of hydrogen-bond donors (Lipinski definition) is 2. The number of likely N-dealkylation sites (tertiary alicyclic amines) is 1. The Labute approximate surface area is 202 Å². The number of aromatic nitrogens is 1. The molecule has 5 rings (SSSR count). The lowest BCUT2D eigenvalue weighted by Gasteiger charge is -2.34. The molecule has 8 nitrogen and oxygen atoms in total. The van der Waals surface area contributed by atoms with E-state index in [2.05, 4.69) is 17.4 Å². The highest BCUT2D eigenvalue weighted by Gasteiger charge is 2.58. The van der Waals surface area contributed by atoms with Crippen LogP contribution in [0.5, 0.6) is 0 Å². The van der Waals surface area contributed by atoms with Crippen LogP contribution in [0.1, 0.15) is 24.0 Å². The zero-order valence-corrected chi connectivity index (χ0v) is 19.2. The van der Waals surface area contributed by atoms with Gasteiger partial charge in [-0.15, -0.1) is 0 Å². The molecule has 1 fully saturated rings. The molecule has 1 spiro atoms. The number of rotatable bonds is 5. The Morgan fingerprint density at radius 2 is 1.71 bits per heavy atom. The minimum absolute atomic E-state index is 0.0269. The standard InChI is InChI=1S/C26H25N3O3.CH2O2/c30-23-12-6-7-16-28(23)18-24(31)29-17-15-26(20-10-4-5-11-21(20)27-25(26)32)22(29)14-13-19-8-2-1-3-9-19;2-1-3/h1-12,16,22H,13-15,17-18H2,(H,27,32);1H,(H,2,3)/t22-,26-;/m0./s1. The molecule has 2 amide bonds. The Morgan fingerprint density at radius 1 is 1.03 bits per heavy atom. The maximum Gasteiger partial charge on any atom is 0.290 e. The number of hydrogen-bond acceptors (Lipinski definition) is 4. The first-order valence-corrected chi connectivity index (χ1v) is 11.5. The summed E-state index contributed by atoms with van der Waals surface area (Å²) in [6.45, 7) is 0.211. The summed E-state index contributed by atoms with van der Waals surface area (Å²) in [5.74, 6) is -0.172. The summed E-state index contributed by atoms with van der Waals surface area (Å²) in [4.78, 5) is 49.1. The molecule has 2 atom stereocenters. The van der Waals surface area contributed by atoms with Crippen molar-refractivity contribution in [2.45, 2.75) is 37.3 Å². The fourth-order valence-corrected chi connectivity index (χ4v) is 5.28. The number of para-hydroxylation sites is 1. The van der Waals surface area contributed by atoms with E-state index in [-0.39, 0.29) is 36.4 Å². The van der Waals surface area contributed by atoms with Crippen molar-refractivity contribution in [3.8, 4) is 0 Å². The Hall–Kier alpha value is -4.20. The van der Waals surface area contributed by atoms with E-state index in [0.717, 1.165) is 17.7 Å². The van der Waals surface area contributed by atoms with Crippen LogP contribution in [-0.2, 0) is 32.8 Å². The highest BCUT2D eigenvalue weighted by molar-refractivity contribution is 6.07. The van der Waals surface area contributed by atoms with Crippen molar-refractivity contribution >= 4 is 24.0 Å². The first kappa shape index (κ1) is 23.9. The van der Waals surface area contributed by atoms with Crippen LogP contribution in [0.3, 0.4) is 0 Å². The molecule has 1 saturated heterocycles. The van der Waals surface area contributed by atoms with E-state index in [4.69, 9.17) is 9.90 Å². The molecule has 35 heavy (non-hydrogen) atoms. The normalized spacial score (nSPS) is 20.1. The third-order valence-electron chi connectivity index (χ3n) is 6.83. The molecule has 2 aromatic carbocycles. The third-order valence-corrected chi connectivity index (χ3v) is 6.83. The summed E-state index contributed by atoms with van der Waals surface area (Å²) in [6.07, 6.45) is 3.63. The van der Waals surface area contributed by atoms with Crippen LogP contribution in [0, 0.1) is 0 Å². The maximum atomic E-state index is 13.4. The second-order valence-electron chi connectivity index (χ2n) is 8.62. The topological polar surface area (TPSA) is 109 Å². The Kier molecular flexibility index (Phi) is 7.10. The number of nitrogens with one attached hydrogen (secondary N) is 1. The third kappa shape index (κ3) is 4.59. The predicted molar refractivity (Wildman–Crippen MR) is 131 cm³/mol. The largest absolute Gasteiger partial charge is 0.483 e. The van der Waals surface area contributed by atoms with Crippen LogP contribution in [0.25, 0.3) is 0 Å². The number of carbonyl (C=O) groups is 3. The van der Waals surface area contributed by atoms with Crippen molar-refractivity contribution < 1.29 is 19.5 Å². The number of carboxylic acid groups (broad SMARTS) is 1. The number of carbonyl (C=O) groups excluding carboxylic acids is 2. The fraction of sp³-hybridized carbons (Fsp3) is 0.259. The van der Waals surface area contributed by atoms with Crippen molar-refractivity contribution in [3.05, 3.63) is 100 Å². The summed E-state index contributed by atoms with van der Waals surface area (Å²) in [6, 6.07) is 22.5. The van der Waals surface area contributed by atoms with Crippen LogP contribution in [0.2, 0.25) is 0 Å². The smallest absolute Gasteiger partial charge is 0.290 e. The first-order chi connectivity index (χ1) is 17.0. The van der Waals surface area contributed by atoms with E-state index < -0.39 is 5.41 Å². The molecule has 0 aliphatic carbocycles. The van der Waals surface area contributed by atoms with Gasteiger partial charge in [0.15, 0.2) is 0 Å². The predicted octanol–water partition coefficient (Wildman–Crippen LogP) is 2.67. The quantitative estimate of drug-likeness (QED) is 0.554. The number of fused-ring (bicyclic) bond motifs is 2. The average Bonchev–Trinajstić information content (AvgIpc) is 3.39. The van der Waals surface area contributed by atoms with Gasteiger partial charge in [0, 0.05) is 24.5 Å². The van der Waals surface area contributed by atoms with Crippen LogP contribution in [0.4, 0.5) is 5.69 Å². The molecular formula is C27H27N3O5. The highest BCUT2D eigenvalue weighted by Crippen LogP contribution is 2.49. The summed E-state index contributed by atoms with van der Waals surface area (Å²) in [5.41, 5.74) is 2.00. The van der Waals surface area contributed by atoms with E-state index in [1.807, 2.05) is 47.4 Å². The van der Waals surface area contributed by atoms with E-state index in [9.17, 15) is 14.4 Å². The number of nitrogens with zero attached hydrogens (tertiary/aromatic N) is 2. The van der Waals surface area contributed by atoms with Gasteiger partial charge in [-0.2, -0.15) is 0 Å². The Morgan fingerprint density at radius 3 is 2.46 bits per heavy atom. The van der Waals surface area contributed by atoms with Crippen LogP contribution in [0.15, 0.2) is 83.8 Å². The molecule has 0 unspecified atom stereocenters.